The number of aromatic nitrogens is 2. The van der Waals surface area contributed by atoms with Crippen LogP contribution in [0.5, 0.6) is 0 Å². The molecule has 0 aliphatic carbocycles. The van der Waals surface area contributed by atoms with Crippen LogP contribution in [0, 0.1) is 7.05 Å². The van der Waals surface area contributed by atoms with Crippen molar-refractivity contribution >= 4 is 0 Å². The predicted molar refractivity (Wildman–Crippen MR) is 35.7 cm³/mol. The monoisotopic (exact) mass is 124 g/mol. The summed E-state index contributed by atoms with van der Waals surface area (Å²) in [5, 5.41) is 0. The van der Waals surface area contributed by atoms with Crippen LogP contribution in [0.25, 0.3) is 0 Å². The molecule has 1 aromatic heterocycles. The van der Waals surface area contributed by atoms with Crippen molar-refractivity contribution in [1.82, 2.24) is 9.55 Å². The average Bonchev–Trinajstić information content (AvgIpc) is 2.17. The van der Waals surface area contributed by atoms with Gasteiger partial charge in [0.1, 0.15) is 0 Å². The van der Waals surface area contributed by atoms with E-state index in [1.54, 1.807) is 10.9 Å². The molecular formula is C6H10N3. The van der Waals surface area contributed by atoms with Crippen LogP contribution >= 0.6 is 0 Å². The first kappa shape index (κ1) is 6.29. The van der Waals surface area contributed by atoms with Gasteiger partial charge in [-0.15, -0.1) is 0 Å². The summed E-state index contributed by atoms with van der Waals surface area (Å²) in [6.07, 6.45) is 4.38. The maximum Gasteiger partial charge on any atom is 0.0950 e. The second-order valence-corrected chi connectivity index (χ2v) is 1.92. The Bertz CT molecular complexity index is 180. The molecule has 0 saturated heterocycles. The lowest BCUT2D eigenvalue weighted by atomic mass is 10.3. The molecule has 0 bridgehead atoms. The first-order chi connectivity index (χ1) is 4.33. The molecule has 3 heteroatoms. The fraction of sp³-hybridized carbons (Fsp3) is 0.333. The topological polar surface area (TPSA) is 43.8 Å². The standard InChI is InChI=1S/C6H10N3/c1-9-4-6(2-3-7)8-5-9/h4-5H,1-3,7H2. The summed E-state index contributed by atoms with van der Waals surface area (Å²) in [6.45, 7) is 0.650. The third-order valence-corrected chi connectivity index (χ3v) is 1.09. The Hall–Kier alpha value is -0.830. The Balaban J connectivity index is 2.61. The van der Waals surface area contributed by atoms with Crippen LogP contribution in [-0.4, -0.2) is 16.1 Å². The SMILES string of the molecule is [CH2]n1cnc(CCN)c1. The first-order valence-electron chi connectivity index (χ1n) is 2.86. The van der Waals surface area contributed by atoms with Crippen LogP contribution in [0.4, 0.5) is 0 Å². The number of hydrogen-bond acceptors (Lipinski definition) is 2. The number of hydrogen-bond donors (Lipinski definition) is 1. The van der Waals surface area contributed by atoms with Gasteiger partial charge >= 0.3 is 0 Å². The molecule has 0 aliphatic rings. The third-order valence-electron chi connectivity index (χ3n) is 1.09. The van der Waals surface area contributed by atoms with Crippen molar-refractivity contribution in [3.8, 4) is 0 Å². The summed E-state index contributed by atoms with van der Waals surface area (Å²) in [5.74, 6) is 0. The zero-order valence-corrected chi connectivity index (χ0v) is 5.25. The van der Waals surface area contributed by atoms with E-state index in [0.29, 0.717) is 6.54 Å². The average molecular weight is 124 g/mol. The van der Waals surface area contributed by atoms with Crippen molar-refractivity contribution in [3.05, 3.63) is 25.3 Å². The van der Waals surface area contributed by atoms with Crippen molar-refractivity contribution in [2.45, 2.75) is 6.42 Å². The van der Waals surface area contributed by atoms with Gasteiger partial charge in [-0.2, -0.15) is 0 Å². The summed E-state index contributed by atoms with van der Waals surface area (Å²) < 4.78 is 1.67. The van der Waals surface area contributed by atoms with Gasteiger partial charge in [-0.05, 0) is 6.54 Å². The predicted octanol–water partition coefficient (Wildman–Crippen LogP) is 0.0240. The van der Waals surface area contributed by atoms with E-state index >= 15 is 0 Å². The van der Waals surface area contributed by atoms with Gasteiger partial charge in [-0.25, -0.2) is 4.98 Å². The second kappa shape index (κ2) is 2.64. The van der Waals surface area contributed by atoms with Gasteiger partial charge in [0, 0.05) is 19.7 Å². The lowest BCUT2D eigenvalue weighted by Crippen LogP contribution is -2.02. The van der Waals surface area contributed by atoms with E-state index in [0.717, 1.165) is 12.1 Å². The van der Waals surface area contributed by atoms with E-state index in [2.05, 4.69) is 12.0 Å². The molecule has 0 fully saturated rings. The van der Waals surface area contributed by atoms with Gasteiger partial charge in [-0.3, -0.25) is 0 Å². The minimum atomic E-state index is 0.650. The van der Waals surface area contributed by atoms with E-state index in [-0.39, 0.29) is 0 Å². The highest BCUT2D eigenvalue weighted by molar-refractivity contribution is 4.97. The molecular weight excluding hydrogens is 114 g/mol. The number of imidazole rings is 1. The van der Waals surface area contributed by atoms with Crippen LogP contribution in [0.3, 0.4) is 0 Å². The van der Waals surface area contributed by atoms with Crippen molar-refractivity contribution in [1.29, 1.82) is 0 Å². The van der Waals surface area contributed by atoms with E-state index in [1.807, 2.05) is 6.20 Å². The minimum absolute atomic E-state index is 0.650. The van der Waals surface area contributed by atoms with Crippen molar-refractivity contribution in [2.75, 3.05) is 6.54 Å². The van der Waals surface area contributed by atoms with E-state index in [9.17, 15) is 0 Å². The minimum Gasteiger partial charge on any atom is -0.335 e. The van der Waals surface area contributed by atoms with E-state index in [1.165, 1.54) is 0 Å². The molecule has 0 unspecified atom stereocenters. The Morgan fingerprint density at radius 2 is 2.56 bits per heavy atom. The van der Waals surface area contributed by atoms with Gasteiger partial charge < -0.3 is 10.3 Å². The van der Waals surface area contributed by atoms with E-state index in [4.69, 9.17) is 5.73 Å². The molecule has 49 valence electrons. The number of rotatable bonds is 2. The first-order valence-corrected chi connectivity index (χ1v) is 2.86. The normalized spacial score (nSPS) is 10.0. The van der Waals surface area contributed by atoms with Crippen LogP contribution in [0.1, 0.15) is 5.69 Å². The van der Waals surface area contributed by atoms with Gasteiger partial charge in [0.15, 0.2) is 0 Å². The largest absolute Gasteiger partial charge is 0.335 e. The fourth-order valence-corrected chi connectivity index (χ4v) is 0.683. The van der Waals surface area contributed by atoms with Crippen LogP contribution in [0.2, 0.25) is 0 Å². The highest BCUT2D eigenvalue weighted by Gasteiger charge is 1.91. The van der Waals surface area contributed by atoms with Crippen LogP contribution < -0.4 is 5.73 Å². The highest BCUT2D eigenvalue weighted by Crippen LogP contribution is 1.93. The smallest absolute Gasteiger partial charge is 0.0950 e. The van der Waals surface area contributed by atoms with Crippen molar-refractivity contribution < 1.29 is 0 Å². The summed E-state index contributed by atoms with van der Waals surface area (Å²) in [4.78, 5) is 4.03. The molecule has 1 radical (unpaired) electrons. The molecule has 0 spiro atoms. The molecule has 3 nitrogen and oxygen atoms in total. The molecule has 0 amide bonds. The lowest BCUT2D eigenvalue weighted by Gasteiger charge is -1.86. The zero-order chi connectivity index (χ0) is 6.69. The Morgan fingerprint density at radius 1 is 1.78 bits per heavy atom. The van der Waals surface area contributed by atoms with Crippen molar-refractivity contribution in [3.63, 3.8) is 0 Å². The van der Waals surface area contributed by atoms with Gasteiger partial charge in [0.2, 0.25) is 0 Å². The van der Waals surface area contributed by atoms with Gasteiger partial charge in [-0.1, -0.05) is 0 Å². The van der Waals surface area contributed by atoms with Gasteiger partial charge in [0.05, 0.1) is 12.0 Å². The lowest BCUT2D eigenvalue weighted by molar-refractivity contribution is 0.934. The molecule has 0 atom stereocenters. The Morgan fingerprint density at radius 3 is 3.00 bits per heavy atom. The Kier molecular flexibility index (Phi) is 1.85. The zero-order valence-electron chi connectivity index (χ0n) is 5.25. The summed E-state index contributed by atoms with van der Waals surface area (Å²) in [6, 6.07) is 0. The molecule has 0 aromatic carbocycles. The quantitative estimate of drug-likeness (QED) is 0.604. The molecule has 1 aromatic rings. The second-order valence-electron chi connectivity index (χ2n) is 1.92. The Labute approximate surface area is 54.5 Å². The highest BCUT2D eigenvalue weighted by atomic mass is 15.0. The van der Waals surface area contributed by atoms with Crippen LogP contribution in [-0.2, 0) is 6.42 Å². The molecule has 1 rings (SSSR count). The van der Waals surface area contributed by atoms with Crippen molar-refractivity contribution in [2.24, 2.45) is 5.73 Å². The summed E-state index contributed by atoms with van der Waals surface area (Å²) in [5.41, 5.74) is 6.31. The molecule has 0 saturated carbocycles. The maximum absolute atomic E-state index is 5.30. The summed E-state index contributed by atoms with van der Waals surface area (Å²) >= 11 is 0. The number of nitrogens with zero attached hydrogens (tertiary/aromatic N) is 2. The third kappa shape index (κ3) is 1.54. The maximum atomic E-state index is 5.30. The van der Waals surface area contributed by atoms with Crippen LogP contribution in [0.15, 0.2) is 12.5 Å². The molecule has 1 heterocycles. The number of nitrogens with two attached hydrogens (primary N) is 1. The molecule has 2 N–H and O–H groups in total. The fourth-order valence-electron chi connectivity index (χ4n) is 0.683. The van der Waals surface area contributed by atoms with Gasteiger partial charge in [0.25, 0.3) is 0 Å². The van der Waals surface area contributed by atoms with E-state index < -0.39 is 0 Å². The molecule has 0 aliphatic heterocycles. The molecule has 9 heavy (non-hydrogen) atoms. The summed E-state index contributed by atoms with van der Waals surface area (Å²) in [7, 11) is 3.64.